The van der Waals surface area contributed by atoms with Gasteiger partial charge in [0, 0.05) is 6.54 Å². The van der Waals surface area contributed by atoms with Gasteiger partial charge in [-0.05, 0) is 50.0 Å². The summed E-state index contributed by atoms with van der Waals surface area (Å²) in [5, 5.41) is 9.14. The van der Waals surface area contributed by atoms with E-state index >= 15 is 0 Å². The van der Waals surface area contributed by atoms with E-state index in [2.05, 4.69) is 4.90 Å². The standard InChI is InChI=1S/C15H23NO3/c1-18-14-6-5-13(12-17)11-15(14)19-10-4-9-16-7-2-3-8-16/h5-6,11,17H,2-4,7-10,12H2,1H3. The van der Waals surface area contributed by atoms with Gasteiger partial charge >= 0.3 is 0 Å². The van der Waals surface area contributed by atoms with E-state index in [1.165, 1.54) is 25.9 Å². The molecule has 1 aromatic carbocycles. The lowest BCUT2D eigenvalue weighted by molar-refractivity contribution is 0.251. The molecule has 1 N–H and O–H groups in total. The number of likely N-dealkylation sites (tertiary alicyclic amines) is 1. The second kappa shape index (κ2) is 7.36. The molecule has 0 spiro atoms. The summed E-state index contributed by atoms with van der Waals surface area (Å²) in [4.78, 5) is 2.48. The first-order chi connectivity index (χ1) is 9.33. The SMILES string of the molecule is COc1ccc(CO)cc1OCCCN1CCCC1. The van der Waals surface area contributed by atoms with Crippen LogP contribution in [0.3, 0.4) is 0 Å². The summed E-state index contributed by atoms with van der Waals surface area (Å²) < 4.78 is 11.0. The molecule has 106 valence electrons. The van der Waals surface area contributed by atoms with Crippen LogP contribution < -0.4 is 9.47 Å². The molecule has 0 amide bonds. The van der Waals surface area contributed by atoms with Gasteiger partial charge in [-0.15, -0.1) is 0 Å². The van der Waals surface area contributed by atoms with Crippen LogP contribution in [0, 0.1) is 0 Å². The molecule has 0 saturated carbocycles. The Balaban J connectivity index is 1.80. The Bertz CT molecular complexity index is 389. The number of aliphatic hydroxyl groups excluding tert-OH is 1. The summed E-state index contributed by atoms with van der Waals surface area (Å²) in [7, 11) is 1.63. The third kappa shape index (κ3) is 4.11. The minimum Gasteiger partial charge on any atom is -0.493 e. The van der Waals surface area contributed by atoms with E-state index in [1.807, 2.05) is 18.2 Å². The van der Waals surface area contributed by atoms with Crippen molar-refractivity contribution in [2.75, 3.05) is 33.4 Å². The van der Waals surface area contributed by atoms with Gasteiger partial charge in [0.05, 0.1) is 20.3 Å². The zero-order valence-electron chi connectivity index (χ0n) is 11.6. The molecule has 2 rings (SSSR count). The predicted octanol–water partition coefficient (Wildman–Crippen LogP) is 2.05. The van der Waals surface area contributed by atoms with Crippen LogP contribution in [0.25, 0.3) is 0 Å². The number of rotatable bonds is 7. The summed E-state index contributed by atoms with van der Waals surface area (Å²) in [5.74, 6) is 1.44. The number of benzene rings is 1. The van der Waals surface area contributed by atoms with Gasteiger partial charge in [-0.25, -0.2) is 0 Å². The van der Waals surface area contributed by atoms with Crippen molar-refractivity contribution < 1.29 is 14.6 Å². The number of ether oxygens (including phenoxy) is 2. The smallest absolute Gasteiger partial charge is 0.161 e. The molecule has 1 fully saturated rings. The Kier molecular flexibility index (Phi) is 5.48. The van der Waals surface area contributed by atoms with Crippen molar-refractivity contribution in [3.63, 3.8) is 0 Å². The summed E-state index contributed by atoms with van der Waals surface area (Å²) >= 11 is 0. The van der Waals surface area contributed by atoms with Crippen molar-refractivity contribution in [3.05, 3.63) is 23.8 Å². The van der Waals surface area contributed by atoms with Crippen LogP contribution in [0.5, 0.6) is 11.5 Å². The highest BCUT2D eigenvalue weighted by molar-refractivity contribution is 5.42. The van der Waals surface area contributed by atoms with Crippen LogP contribution in [0.1, 0.15) is 24.8 Å². The molecule has 4 heteroatoms. The van der Waals surface area contributed by atoms with E-state index < -0.39 is 0 Å². The lowest BCUT2D eigenvalue weighted by Gasteiger charge is -2.15. The Morgan fingerprint density at radius 1 is 1.21 bits per heavy atom. The van der Waals surface area contributed by atoms with Crippen molar-refractivity contribution in [1.29, 1.82) is 0 Å². The molecule has 1 aromatic rings. The fraction of sp³-hybridized carbons (Fsp3) is 0.600. The summed E-state index contributed by atoms with van der Waals surface area (Å²) in [6, 6.07) is 5.52. The summed E-state index contributed by atoms with van der Waals surface area (Å²) in [6.07, 6.45) is 3.67. The summed E-state index contributed by atoms with van der Waals surface area (Å²) in [6.45, 7) is 4.25. The molecule has 1 aliphatic rings. The van der Waals surface area contributed by atoms with Crippen molar-refractivity contribution in [1.82, 2.24) is 4.90 Å². The van der Waals surface area contributed by atoms with E-state index in [4.69, 9.17) is 14.6 Å². The van der Waals surface area contributed by atoms with Gasteiger partial charge in [-0.3, -0.25) is 0 Å². The monoisotopic (exact) mass is 265 g/mol. The fourth-order valence-electron chi connectivity index (χ4n) is 2.41. The van der Waals surface area contributed by atoms with Crippen LogP contribution in [0.4, 0.5) is 0 Å². The van der Waals surface area contributed by atoms with Gasteiger partial charge in [-0.1, -0.05) is 6.07 Å². The second-order valence-corrected chi connectivity index (χ2v) is 4.89. The maximum atomic E-state index is 9.14. The minimum absolute atomic E-state index is 0.0220. The number of methoxy groups -OCH3 is 1. The van der Waals surface area contributed by atoms with Crippen LogP contribution >= 0.6 is 0 Å². The third-order valence-electron chi connectivity index (χ3n) is 3.49. The zero-order valence-corrected chi connectivity index (χ0v) is 11.6. The minimum atomic E-state index is 0.0220. The van der Waals surface area contributed by atoms with Crippen molar-refractivity contribution in [2.45, 2.75) is 25.9 Å². The highest BCUT2D eigenvalue weighted by atomic mass is 16.5. The molecule has 0 aromatic heterocycles. The molecule has 0 bridgehead atoms. The van der Waals surface area contributed by atoms with Crippen LogP contribution in [-0.2, 0) is 6.61 Å². The van der Waals surface area contributed by atoms with Crippen LogP contribution in [-0.4, -0.2) is 43.4 Å². The van der Waals surface area contributed by atoms with E-state index in [0.29, 0.717) is 6.61 Å². The molecule has 4 nitrogen and oxygen atoms in total. The topological polar surface area (TPSA) is 41.9 Å². The van der Waals surface area contributed by atoms with Gasteiger partial charge in [0.15, 0.2) is 11.5 Å². The number of nitrogens with zero attached hydrogens (tertiary/aromatic N) is 1. The average molecular weight is 265 g/mol. The molecule has 1 aliphatic heterocycles. The van der Waals surface area contributed by atoms with Crippen molar-refractivity contribution >= 4 is 0 Å². The molecular weight excluding hydrogens is 242 g/mol. The first-order valence-corrected chi connectivity index (χ1v) is 6.96. The van der Waals surface area contributed by atoms with Gasteiger partial charge in [0.2, 0.25) is 0 Å². The largest absolute Gasteiger partial charge is 0.493 e. The Morgan fingerprint density at radius 2 is 2.00 bits per heavy atom. The normalized spacial score (nSPS) is 15.7. The number of aliphatic hydroxyl groups is 1. The van der Waals surface area contributed by atoms with Crippen molar-refractivity contribution in [3.8, 4) is 11.5 Å². The highest BCUT2D eigenvalue weighted by Crippen LogP contribution is 2.28. The highest BCUT2D eigenvalue weighted by Gasteiger charge is 2.11. The molecule has 0 unspecified atom stereocenters. The lowest BCUT2D eigenvalue weighted by Crippen LogP contribution is -2.21. The maximum absolute atomic E-state index is 9.14. The number of hydrogen-bond acceptors (Lipinski definition) is 4. The van der Waals surface area contributed by atoms with E-state index in [0.717, 1.165) is 30.0 Å². The Labute approximate surface area is 114 Å². The maximum Gasteiger partial charge on any atom is 0.161 e. The number of hydrogen-bond donors (Lipinski definition) is 1. The quantitative estimate of drug-likeness (QED) is 0.766. The zero-order chi connectivity index (χ0) is 13.5. The van der Waals surface area contributed by atoms with Crippen LogP contribution in [0.15, 0.2) is 18.2 Å². The fourth-order valence-corrected chi connectivity index (χ4v) is 2.41. The average Bonchev–Trinajstić information content (AvgIpc) is 2.96. The third-order valence-corrected chi connectivity index (χ3v) is 3.49. The molecule has 1 saturated heterocycles. The van der Waals surface area contributed by atoms with Crippen LogP contribution in [0.2, 0.25) is 0 Å². The van der Waals surface area contributed by atoms with Gasteiger partial charge in [0.1, 0.15) is 0 Å². The van der Waals surface area contributed by atoms with Gasteiger partial charge in [0.25, 0.3) is 0 Å². The van der Waals surface area contributed by atoms with E-state index in [1.54, 1.807) is 7.11 Å². The molecule has 1 heterocycles. The molecule has 0 radical (unpaired) electrons. The molecule has 19 heavy (non-hydrogen) atoms. The van der Waals surface area contributed by atoms with Gasteiger partial charge in [-0.2, -0.15) is 0 Å². The Morgan fingerprint density at radius 3 is 2.68 bits per heavy atom. The first kappa shape index (κ1) is 14.2. The molecular formula is C15H23NO3. The van der Waals surface area contributed by atoms with Crippen molar-refractivity contribution in [2.24, 2.45) is 0 Å². The Hall–Kier alpha value is -1.26. The lowest BCUT2D eigenvalue weighted by atomic mass is 10.2. The first-order valence-electron chi connectivity index (χ1n) is 6.96. The molecule has 0 aliphatic carbocycles. The predicted molar refractivity (Wildman–Crippen MR) is 74.7 cm³/mol. The van der Waals surface area contributed by atoms with E-state index in [-0.39, 0.29) is 6.61 Å². The van der Waals surface area contributed by atoms with E-state index in [9.17, 15) is 0 Å². The summed E-state index contributed by atoms with van der Waals surface area (Å²) in [5.41, 5.74) is 0.843. The van der Waals surface area contributed by atoms with Gasteiger partial charge < -0.3 is 19.5 Å². The molecule has 0 atom stereocenters. The second-order valence-electron chi connectivity index (χ2n) is 4.89.